The zero-order chi connectivity index (χ0) is 14.6. The van der Waals surface area contributed by atoms with Gasteiger partial charge in [0.15, 0.2) is 6.61 Å². The lowest BCUT2D eigenvalue weighted by Gasteiger charge is -2.27. The quantitative estimate of drug-likeness (QED) is 0.924. The van der Waals surface area contributed by atoms with Crippen LogP contribution >= 0.6 is 12.4 Å². The zero-order valence-corrected chi connectivity index (χ0v) is 12.0. The third kappa shape index (κ3) is 4.78. The number of hydrogen-bond acceptors (Lipinski definition) is 3. The first-order valence-corrected chi connectivity index (χ1v) is 6.26. The topological polar surface area (TPSA) is 41.6 Å². The van der Waals surface area contributed by atoms with Gasteiger partial charge in [-0.15, -0.1) is 12.4 Å². The molecule has 8 heteroatoms. The molecule has 1 heterocycles. The molecule has 0 aliphatic carbocycles. The SMILES string of the molecule is Cl.O=C(COc1ccccc1C(F)(F)F)N1CCNCC1. The van der Waals surface area contributed by atoms with E-state index in [2.05, 4.69) is 5.32 Å². The Labute approximate surface area is 126 Å². The molecule has 1 amide bonds. The average Bonchev–Trinajstić information content (AvgIpc) is 2.45. The number of para-hydroxylation sites is 1. The van der Waals surface area contributed by atoms with Crippen molar-refractivity contribution in [1.82, 2.24) is 10.2 Å². The predicted octanol–water partition coefficient (Wildman–Crippen LogP) is 1.94. The number of rotatable bonds is 3. The van der Waals surface area contributed by atoms with E-state index in [1.54, 1.807) is 4.90 Å². The number of ether oxygens (including phenoxy) is 1. The van der Waals surface area contributed by atoms with E-state index in [-0.39, 0.29) is 30.7 Å². The lowest BCUT2D eigenvalue weighted by Crippen LogP contribution is -2.48. The summed E-state index contributed by atoms with van der Waals surface area (Å²) in [6, 6.07) is 4.88. The van der Waals surface area contributed by atoms with Gasteiger partial charge in [-0.3, -0.25) is 4.79 Å². The number of hydrogen-bond donors (Lipinski definition) is 1. The molecule has 21 heavy (non-hydrogen) atoms. The summed E-state index contributed by atoms with van der Waals surface area (Å²) in [6.07, 6.45) is -4.49. The Morgan fingerprint density at radius 3 is 2.48 bits per heavy atom. The van der Waals surface area contributed by atoms with E-state index in [9.17, 15) is 18.0 Å². The molecule has 1 N–H and O–H groups in total. The summed E-state index contributed by atoms with van der Waals surface area (Å²) in [7, 11) is 0. The molecular formula is C13H16ClF3N2O2. The second-order valence-electron chi connectivity index (χ2n) is 4.41. The van der Waals surface area contributed by atoms with Crippen LogP contribution in [0.25, 0.3) is 0 Å². The maximum absolute atomic E-state index is 12.7. The van der Waals surface area contributed by atoms with Gasteiger partial charge in [0.1, 0.15) is 5.75 Å². The highest BCUT2D eigenvalue weighted by Crippen LogP contribution is 2.35. The summed E-state index contributed by atoms with van der Waals surface area (Å²) >= 11 is 0. The molecule has 0 atom stereocenters. The van der Waals surface area contributed by atoms with Crippen molar-refractivity contribution in [3.8, 4) is 5.75 Å². The smallest absolute Gasteiger partial charge is 0.419 e. The molecule has 4 nitrogen and oxygen atoms in total. The number of carbonyl (C=O) groups excluding carboxylic acids is 1. The van der Waals surface area contributed by atoms with E-state index in [4.69, 9.17) is 4.74 Å². The van der Waals surface area contributed by atoms with Gasteiger partial charge in [-0.05, 0) is 12.1 Å². The first-order valence-electron chi connectivity index (χ1n) is 6.26. The molecule has 1 fully saturated rings. The molecule has 0 bridgehead atoms. The number of halogens is 4. The van der Waals surface area contributed by atoms with Crippen molar-refractivity contribution >= 4 is 18.3 Å². The van der Waals surface area contributed by atoms with E-state index < -0.39 is 11.7 Å². The van der Waals surface area contributed by atoms with Crippen LogP contribution < -0.4 is 10.1 Å². The second-order valence-corrected chi connectivity index (χ2v) is 4.41. The van der Waals surface area contributed by atoms with Gasteiger partial charge >= 0.3 is 6.18 Å². The molecular weight excluding hydrogens is 309 g/mol. The van der Waals surface area contributed by atoms with E-state index in [1.807, 2.05) is 0 Å². The van der Waals surface area contributed by atoms with Gasteiger partial charge in [0.2, 0.25) is 0 Å². The first-order chi connectivity index (χ1) is 9.48. The van der Waals surface area contributed by atoms with Crippen molar-refractivity contribution in [3.05, 3.63) is 29.8 Å². The molecule has 118 valence electrons. The van der Waals surface area contributed by atoms with Gasteiger partial charge in [0, 0.05) is 26.2 Å². The van der Waals surface area contributed by atoms with Gasteiger partial charge in [-0.25, -0.2) is 0 Å². The molecule has 1 aromatic rings. The molecule has 0 spiro atoms. The Morgan fingerprint density at radius 1 is 1.24 bits per heavy atom. The van der Waals surface area contributed by atoms with Crippen molar-refractivity contribution in [2.75, 3.05) is 32.8 Å². The Morgan fingerprint density at radius 2 is 1.86 bits per heavy atom. The largest absolute Gasteiger partial charge is 0.483 e. The summed E-state index contributed by atoms with van der Waals surface area (Å²) in [5.74, 6) is -0.619. The van der Waals surface area contributed by atoms with Crippen LogP contribution in [-0.2, 0) is 11.0 Å². The van der Waals surface area contributed by atoms with E-state index >= 15 is 0 Å². The number of piperazine rings is 1. The Balaban J connectivity index is 0.00000220. The highest BCUT2D eigenvalue weighted by atomic mass is 35.5. The Hall–Kier alpha value is -1.47. The molecule has 0 aromatic heterocycles. The lowest BCUT2D eigenvalue weighted by molar-refractivity contribution is -0.141. The van der Waals surface area contributed by atoms with Crippen LogP contribution in [0.5, 0.6) is 5.75 Å². The van der Waals surface area contributed by atoms with Gasteiger partial charge in [-0.2, -0.15) is 13.2 Å². The Kier molecular flexibility index (Phi) is 6.29. The van der Waals surface area contributed by atoms with Crippen LogP contribution in [0.4, 0.5) is 13.2 Å². The number of nitrogens with one attached hydrogen (secondary N) is 1. The number of benzene rings is 1. The van der Waals surface area contributed by atoms with Gasteiger partial charge in [0.05, 0.1) is 5.56 Å². The van der Waals surface area contributed by atoms with Crippen LogP contribution in [0.3, 0.4) is 0 Å². The normalized spacial score (nSPS) is 15.3. The third-order valence-electron chi connectivity index (χ3n) is 3.01. The highest BCUT2D eigenvalue weighted by molar-refractivity contribution is 5.85. The fraction of sp³-hybridized carbons (Fsp3) is 0.462. The molecule has 2 rings (SSSR count). The zero-order valence-electron chi connectivity index (χ0n) is 11.2. The number of nitrogens with zero attached hydrogens (tertiary/aromatic N) is 1. The van der Waals surface area contributed by atoms with Crippen LogP contribution in [-0.4, -0.2) is 43.6 Å². The van der Waals surface area contributed by atoms with Crippen LogP contribution in [0.1, 0.15) is 5.56 Å². The molecule has 1 aromatic carbocycles. The molecule has 0 unspecified atom stereocenters. The Bertz CT molecular complexity index is 477. The summed E-state index contributed by atoms with van der Waals surface area (Å²) in [5.41, 5.74) is -0.867. The monoisotopic (exact) mass is 324 g/mol. The predicted molar refractivity (Wildman–Crippen MR) is 73.6 cm³/mol. The fourth-order valence-corrected chi connectivity index (χ4v) is 1.97. The van der Waals surface area contributed by atoms with Crippen molar-refractivity contribution in [2.45, 2.75) is 6.18 Å². The van der Waals surface area contributed by atoms with E-state index in [1.165, 1.54) is 18.2 Å². The van der Waals surface area contributed by atoms with Crippen molar-refractivity contribution in [3.63, 3.8) is 0 Å². The molecule has 1 saturated heterocycles. The van der Waals surface area contributed by atoms with E-state index in [0.29, 0.717) is 26.2 Å². The minimum Gasteiger partial charge on any atom is -0.483 e. The van der Waals surface area contributed by atoms with Crippen LogP contribution in [0.2, 0.25) is 0 Å². The fourth-order valence-electron chi connectivity index (χ4n) is 1.97. The minimum atomic E-state index is -4.49. The summed E-state index contributed by atoms with van der Waals surface area (Å²) in [6.45, 7) is 2.08. The lowest BCUT2D eigenvalue weighted by atomic mass is 10.2. The van der Waals surface area contributed by atoms with Crippen LogP contribution in [0, 0.1) is 0 Å². The van der Waals surface area contributed by atoms with E-state index in [0.717, 1.165) is 6.07 Å². The van der Waals surface area contributed by atoms with Crippen LogP contribution in [0.15, 0.2) is 24.3 Å². The third-order valence-corrected chi connectivity index (χ3v) is 3.01. The summed E-state index contributed by atoms with van der Waals surface area (Å²) in [4.78, 5) is 13.4. The highest BCUT2D eigenvalue weighted by Gasteiger charge is 2.34. The van der Waals surface area contributed by atoms with Gasteiger partial charge in [0.25, 0.3) is 5.91 Å². The molecule has 1 aliphatic heterocycles. The summed E-state index contributed by atoms with van der Waals surface area (Å²) in [5, 5.41) is 3.09. The summed E-state index contributed by atoms with van der Waals surface area (Å²) < 4.78 is 43.3. The van der Waals surface area contributed by atoms with Gasteiger partial charge < -0.3 is 15.0 Å². The standard InChI is InChI=1S/C13H15F3N2O2.ClH/c14-13(15,16)10-3-1-2-4-11(10)20-9-12(19)18-7-5-17-6-8-18;/h1-4,17H,5-9H2;1H. The first kappa shape index (κ1) is 17.6. The maximum Gasteiger partial charge on any atom is 0.419 e. The van der Waals surface area contributed by atoms with Crippen molar-refractivity contribution in [1.29, 1.82) is 0 Å². The molecule has 0 radical (unpaired) electrons. The molecule has 1 aliphatic rings. The number of alkyl halides is 3. The van der Waals surface area contributed by atoms with Crippen molar-refractivity contribution in [2.24, 2.45) is 0 Å². The molecule has 0 saturated carbocycles. The maximum atomic E-state index is 12.7. The van der Waals surface area contributed by atoms with Crippen molar-refractivity contribution < 1.29 is 22.7 Å². The van der Waals surface area contributed by atoms with Gasteiger partial charge in [-0.1, -0.05) is 12.1 Å². The number of amides is 1. The number of carbonyl (C=O) groups is 1. The average molecular weight is 325 g/mol. The second kappa shape index (κ2) is 7.51. The minimum absolute atomic E-state index is 0.